The molecule has 1 aromatic heterocycles. The zero-order valence-corrected chi connectivity index (χ0v) is 10.6. The van der Waals surface area contributed by atoms with Crippen LogP contribution >= 0.6 is 11.8 Å². The largest absolute Gasteiger partial charge is 0.398 e. The maximum absolute atomic E-state index is 11.8. The van der Waals surface area contributed by atoms with E-state index >= 15 is 0 Å². The number of amides is 1. The highest BCUT2D eigenvalue weighted by molar-refractivity contribution is 7.98. The van der Waals surface area contributed by atoms with Gasteiger partial charge in [-0.1, -0.05) is 0 Å². The average molecular weight is 239 g/mol. The second-order valence-corrected chi connectivity index (χ2v) is 4.65. The molecule has 5 heteroatoms. The molecule has 1 atom stereocenters. The van der Waals surface area contributed by atoms with Crippen molar-refractivity contribution in [2.24, 2.45) is 0 Å². The van der Waals surface area contributed by atoms with E-state index in [-0.39, 0.29) is 11.9 Å². The number of carbonyl (C=O) groups excluding carboxylic acids is 1. The number of nitrogens with two attached hydrogens (primary N) is 1. The fourth-order valence-electron chi connectivity index (χ4n) is 1.36. The molecule has 4 nitrogen and oxygen atoms in total. The topological polar surface area (TPSA) is 68.0 Å². The molecule has 1 rings (SSSR count). The molecule has 0 aliphatic carbocycles. The third kappa shape index (κ3) is 3.41. The number of rotatable bonds is 4. The highest BCUT2D eigenvalue weighted by Crippen LogP contribution is 2.11. The van der Waals surface area contributed by atoms with Crippen molar-refractivity contribution in [2.45, 2.75) is 19.9 Å². The van der Waals surface area contributed by atoms with E-state index in [1.54, 1.807) is 17.8 Å². The number of nitrogen functional groups attached to an aromatic ring is 1. The lowest BCUT2D eigenvalue weighted by molar-refractivity contribution is 0.0944. The van der Waals surface area contributed by atoms with Crippen LogP contribution in [0.25, 0.3) is 0 Å². The van der Waals surface area contributed by atoms with Crippen molar-refractivity contribution in [3.05, 3.63) is 23.5 Å². The SMILES string of the molecule is CSCC(C)NC(=O)c1cnc(C)cc1N. The molecule has 0 bridgehead atoms. The molecule has 0 aromatic carbocycles. The first-order chi connectivity index (χ1) is 7.54. The summed E-state index contributed by atoms with van der Waals surface area (Å²) in [5.74, 6) is 0.719. The highest BCUT2D eigenvalue weighted by Gasteiger charge is 2.12. The molecule has 0 radical (unpaired) electrons. The molecule has 1 heterocycles. The third-order valence-corrected chi connectivity index (χ3v) is 2.94. The van der Waals surface area contributed by atoms with Gasteiger partial charge in [-0.25, -0.2) is 0 Å². The normalized spacial score (nSPS) is 12.2. The first-order valence-corrected chi connectivity index (χ1v) is 6.46. The number of thioether (sulfide) groups is 1. The number of aryl methyl sites for hydroxylation is 1. The van der Waals surface area contributed by atoms with Crippen LogP contribution in [0, 0.1) is 6.92 Å². The standard InChI is InChI=1S/C11H17N3OS/c1-7-4-10(12)9(5-13-7)11(15)14-8(2)6-16-3/h4-5,8H,6H2,1-3H3,(H2,12,13)(H,14,15). The van der Waals surface area contributed by atoms with E-state index in [0.29, 0.717) is 11.3 Å². The number of hydrogen-bond donors (Lipinski definition) is 2. The molecule has 0 aliphatic rings. The molecule has 1 unspecified atom stereocenters. The Bertz CT molecular complexity index is 381. The fourth-order valence-corrected chi connectivity index (χ4v) is 1.95. The summed E-state index contributed by atoms with van der Waals surface area (Å²) in [5, 5.41) is 2.88. The minimum Gasteiger partial charge on any atom is -0.398 e. The Balaban J connectivity index is 2.73. The number of aromatic nitrogens is 1. The Kier molecular flexibility index (Phi) is 4.61. The maximum atomic E-state index is 11.8. The van der Waals surface area contributed by atoms with Crippen LogP contribution in [0.15, 0.2) is 12.3 Å². The number of pyridine rings is 1. The molecule has 0 saturated carbocycles. The molecule has 1 amide bonds. The molecule has 1 aromatic rings. The number of hydrogen-bond acceptors (Lipinski definition) is 4. The van der Waals surface area contributed by atoms with Crippen molar-refractivity contribution in [1.29, 1.82) is 0 Å². The first-order valence-electron chi connectivity index (χ1n) is 5.06. The summed E-state index contributed by atoms with van der Waals surface area (Å²) in [5.41, 5.74) is 7.49. The zero-order valence-electron chi connectivity index (χ0n) is 9.78. The summed E-state index contributed by atoms with van der Waals surface area (Å²) in [4.78, 5) is 15.9. The average Bonchev–Trinajstić information content (AvgIpc) is 2.17. The van der Waals surface area contributed by atoms with Gasteiger partial charge in [-0.3, -0.25) is 9.78 Å². The van der Waals surface area contributed by atoms with Crippen molar-refractivity contribution in [3.8, 4) is 0 Å². The van der Waals surface area contributed by atoms with E-state index in [0.717, 1.165) is 11.4 Å². The molecule has 16 heavy (non-hydrogen) atoms. The number of carbonyl (C=O) groups is 1. The molecule has 88 valence electrons. The van der Waals surface area contributed by atoms with Crippen LogP contribution in [0.3, 0.4) is 0 Å². The van der Waals surface area contributed by atoms with E-state index in [9.17, 15) is 4.79 Å². The van der Waals surface area contributed by atoms with Gasteiger partial charge in [0.1, 0.15) is 0 Å². The van der Waals surface area contributed by atoms with Gasteiger partial charge in [0.25, 0.3) is 5.91 Å². The van der Waals surface area contributed by atoms with Gasteiger partial charge in [0.2, 0.25) is 0 Å². The Morgan fingerprint density at radius 3 is 2.94 bits per heavy atom. The Hall–Kier alpha value is -1.23. The van der Waals surface area contributed by atoms with Crippen LogP contribution < -0.4 is 11.1 Å². The number of nitrogens with zero attached hydrogens (tertiary/aromatic N) is 1. The summed E-state index contributed by atoms with van der Waals surface area (Å²) < 4.78 is 0. The second-order valence-electron chi connectivity index (χ2n) is 3.74. The molecule has 0 saturated heterocycles. The minimum absolute atomic E-state index is 0.128. The van der Waals surface area contributed by atoms with Gasteiger partial charge in [-0.15, -0.1) is 0 Å². The van der Waals surface area contributed by atoms with Crippen LogP contribution in [0.1, 0.15) is 23.0 Å². The predicted octanol–water partition coefficient (Wildman–Crippen LogP) is 1.45. The van der Waals surface area contributed by atoms with E-state index in [2.05, 4.69) is 10.3 Å². The van der Waals surface area contributed by atoms with Crippen LogP contribution in [0.4, 0.5) is 5.69 Å². The Morgan fingerprint density at radius 2 is 2.38 bits per heavy atom. The summed E-state index contributed by atoms with van der Waals surface area (Å²) in [6.45, 7) is 3.81. The zero-order chi connectivity index (χ0) is 12.1. The minimum atomic E-state index is -0.161. The first kappa shape index (κ1) is 12.8. The molecule has 0 fully saturated rings. The third-order valence-electron chi connectivity index (χ3n) is 2.11. The van der Waals surface area contributed by atoms with Crippen molar-refractivity contribution in [1.82, 2.24) is 10.3 Å². The van der Waals surface area contributed by atoms with Gasteiger partial charge in [-0.2, -0.15) is 11.8 Å². The number of anilines is 1. The van der Waals surface area contributed by atoms with Crippen molar-refractivity contribution in [2.75, 3.05) is 17.7 Å². The Morgan fingerprint density at radius 1 is 1.69 bits per heavy atom. The van der Waals surface area contributed by atoms with E-state index in [1.807, 2.05) is 20.1 Å². The van der Waals surface area contributed by atoms with Crippen LogP contribution in [0.5, 0.6) is 0 Å². The Labute approximate surface area is 100 Å². The smallest absolute Gasteiger partial charge is 0.255 e. The van der Waals surface area contributed by atoms with Crippen molar-refractivity contribution >= 4 is 23.4 Å². The lowest BCUT2D eigenvalue weighted by atomic mass is 10.2. The van der Waals surface area contributed by atoms with Gasteiger partial charge >= 0.3 is 0 Å². The van der Waals surface area contributed by atoms with Crippen molar-refractivity contribution < 1.29 is 4.79 Å². The number of nitrogens with one attached hydrogen (secondary N) is 1. The van der Waals surface area contributed by atoms with Crippen LogP contribution in [-0.2, 0) is 0 Å². The monoisotopic (exact) mass is 239 g/mol. The highest BCUT2D eigenvalue weighted by atomic mass is 32.2. The van der Waals surface area contributed by atoms with Gasteiger partial charge in [-0.05, 0) is 26.2 Å². The lowest BCUT2D eigenvalue weighted by Crippen LogP contribution is -2.34. The summed E-state index contributed by atoms with van der Waals surface area (Å²) in [7, 11) is 0. The fraction of sp³-hybridized carbons (Fsp3) is 0.455. The van der Waals surface area contributed by atoms with E-state index in [1.165, 1.54) is 6.20 Å². The van der Waals surface area contributed by atoms with Crippen molar-refractivity contribution in [3.63, 3.8) is 0 Å². The molecule has 3 N–H and O–H groups in total. The summed E-state index contributed by atoms with van der Waals surface area (Å²) >= 11 is 1.69. The van der Waals surface area contributed by atoms with E-state index < -0.39 is 0 Å². The predicted molar refractivity (Wildman–Crippen MR) is 68.7 cm³/mol. The van der Waals surface area contributed by atoms with Gasteiger partial charge in [0, 0.05) is 29.4 Å². The molecular weight excluding hydrogens is 222 g/mol. The second kappa shape index (κ2) is 5.75. The van der Waals surface area contributed by atoms with Gasteiger partial charge < -0.3 is 11.1 Å². The quantitative estimate of drug-likeness (QED) is 0.834. The van der Waals surface area contributed by atoms with Gasteiger partial charge in [0.05, 0.1) is 5.56 Å². The molecule has 0 aliphatic heterocycles. The molecular formula is C11H17N3OS. The summed E-state index contributed by atoms with van der Waals surface area (Å²) in [6, 6.07) is 1.83. The lowest BCUT2D eigenvalue weighted by Gasteiger charge is -2.13. The summed E-state index contributed by atoms with van der Waals surface area (Å²) in [6.07, 6.45) is 3.52. The van der Waals surface area contributed by atoms with E-state index in [4.69, 9.17) is 5.73 Å². The van der Waals surface area contributed by atoms with Crippen LogP contribution in [0.2, 0.25) is 0 Å². The van der Waals surface area contributed by atoms with Crippen LogP contribution in [-0.4, -0.2) is 28.9 Å². The molecule has 0 spiro atoms. The maximum Gasteiger partial charge on any atom is 0.255 e. The van der Waals surface area contributed by atoms with Gasteiger partial charge in [0.15, 0.2) is 0 Å².